The third-order valence-electron chi connectivity index (χ3n) is 2.68. The number of aliphatic hydroxyl groups is 3. The SMILES string of the molecule is CC(=O)N[C@@H]1[C@H](O)[C@@H](CO)O[C@H](O)[C@H]1NC(C)=O. The van der Waals surface area contributed by atoms with Gasteiger partial charge < -0.3 is 30.7 Å². The molecule has 0 spiro atoms. The van der Waals surface area contributed by atoms with Gasteiger partial charge in [-0.15, -0.1) is 0 Å². The van der Waals surface area contributed by atoms with Crippen LogP contribution in [0.25, 0.3) is 0 Å². The first-order chi connectivity index (χ1) is 8.36. The molecule has 0 aromatic heterocycles. The number of ether oxygens (including phenoxy) is 1. The molecule has 1 saturated heterocycles. The normalized spacial score (nSPS) is 35.9. The Morgan fingerprint density at radius 2 is 1.61 bits per heavy atom. The standard InChI is InChI=1S/C10H18N2O6/c1-4(14)11-7-8(12-5(2)15)10(17)18-6(3-13)9(7)16/h6-10,13,16-17H,3H2,1-2H3,(H,11,14)(H,12,15)/t6-,7+,8+,9-,10+/m1/s1. The summed E-state index contributed by atoms with van der Waals surface area (Å²) in [5.41, 5.74) is 0. The molecule has 1 rings (SSSR count). The quantitative estimate of drug-likeness (QED) is 0.370. The van der Waals surface area contributed by atoms with E-state index in [0.29, 0.717) is 0 Å². The fraction of sp³-hybridized carbons (Fsp3) is 0.800. The van der Waals surface area contributed by atoms with Crippen molar-refractivity contribution in [3.8, 4) is 0 Å². The molecule has 1 aliphatic rings. The molecule has 18 heavy (non-hydrogen) atoms. The smallest absolute Gasteiger partial charge is 0.217 e. The Hall–Kier alpha value is -1.22. The van der Waals surface area contributed by atoms with Gasteiger partial charge in [-0.2, -0.15) is 0 Å². The van der Waals surface area contributed by atoms with E-state index in [1.165, 1.54) is 13.8 Å². The number of hydrogen-bond acceptors (Lipinski definition) is 6. The minimum absolute atomic E-state index is 0.430. The Morgan fingerprint density at radius 1 is 1.11 bits per heavy atom. The van der Waals surface area contributed by atoms with E-state index in [1.54, 1.807) is 0 Å². The van der Waals surface area contributed by atoms with Gasteiger partial charge in [0.1, 0.15) is 18.2 Å². The third-order valence-corrected chi connectivity index (χ3v) is 2.68. The van der Waals surface area contributed by atoms with E-state index < -0.39 is 49.0 Å². The second-order valence-electron chi connectivity index (χ2n) is 4.19. The average molecular weight is 262 g/mol. The maximum atomic E-state index is 11.1. The Balaban J connectivity index is 2.89. The van der Waals surface area contributed by atoms with Crippen LogP contribution in [0.1, 0.15) is 13.8 Å². The van der Waals surface area contributed by atoms with Gasteiger partial charge in [-0.25, -0.2) is 0 Å². The first-order valence-electron chi connectivity index (χ1n) is 5.53. The number of carbonyl (C=O) groups excluding carboxylic acids is 2. The van der Waals surface area contributed by atoms with E-state index in [9.17, 15) is 19.8 Å². The van der Waals surface area contributed by atoms with Crippen LogP contribution in [0.5, 0.6) is 0 Å². The summed E-state index contributed by atoms with van der Waals surface area (Å²) in [5, 5.41) is 33.4. The second kappa shape index (κ2) is 6.10. The maximum absolute atomic E-state index is 11.1. The van der Waals surface area contributed by atoms with Crippen LogP contribution in [0.4, 0.5) is 0 Å². The summed E-state index contributed by atoms with van der Waals surface area (Å²) in [6.07, 6.45) is -3.69. The van der Waals surface area contributed by atoms with Crippen molar-refractivity contribution in [2.45, 2.75) is 44.4 Å². The summed E-state index contributed by atoms with van der Waals surface area (Å²) in [7, 11) is 0. The molecular formula is C10H18N2O6. The zero-order valence-corrected chi connectivity index (χ0v) is 10.2. The average Bonchev–Trinajstić information content (AvgIpc) is 2.27. The number of rotatable bonds is 3. The maximum Gasteiger partial charge on any atom is 0.217 e. The van der Waals surface area contributed by atoms with Crippen molar-refractivity contribution in [2.75, 3.05) is 6.61 Å². The van der Waals surface area contributed by atoms with Crippen LogP contribution in [0.2, 0.25) is 0 Å². The van der Waals surface area contributed by atoms with Crippen LogP contribution >= 0.6 is 0 Å². The summed E-state index contributed by atoms with van der Waals surface area (Å²) < 4.78 is 4.96. The predicted octanol–water partition coefficient (Wildman–Crippen LogP) is -2.93. The summed E-state index contributed by atoms with van der Waals surface area (Å²) in [6.45, 7) is 1.97. The highest BCUT2D eigenvalue weighted by atomic mass is 16.6. The van der Waals surface area contributed by atoms with Crippen LogP contribution in [0.15, 0.2) is 0 Å². The first kappa shape index (κ1) is 14.8. The molecule has 2 amide bonds. The topological polar surface area (TPSA) is 128 Å². The van der Waals surface area contributed by atoms with Crippen molar-refractivity contribution in [3.05, 3.63) is 0 Å². The van der Waals surface area contributed by atoms with Crippen molar-refractivity contribution < 1.29 is 29.6 Å². The summed E-state index contributed by atoms with van der Waals surface area (Å²) in [6, 6.07) is -1.92. The van der Waals surface area contributed by atoms with Gasteiger partial charge in [0.05, 0.1) is 12.6 Å². The van der Waals surface area contributed by atoms with E-state index in [4.69, 9.17) is 9.84 Å². The number of amides is 2. The molecule has 1 heterocycles. The van der Waals surface area contributed by atoms with Gasteiger partial charge in [0.25, 0.3) is 0 Å². The van der Waals surface area contributed by atoms with E-state index in [-0.39, 0.29) is 0 Å². The van der Waals surface area contributed by atoms with Crippen molar-refractivity contribution in [1.29, 1.82) is 0 Å². The van der Waals surface area contributed by atoms with E-state index in [1.807, 2.05) is 0 Å². The zero-order valence-electron chi connectivity index (χ0n) is 10.2. The monoisotopic (exact) mass is 262 g/mol. The molecule has 1 fully saturated rings. The van der Waals surface area contributed by atoms with Crippen LogP contribution in [0.3, 0.4) is 0 Å². The van der Waals surface area contributed by atoms with Crippen LogP contribution < -0.4 is 10.6 Å². The fourth-order valence-electron chi connectivity index (χ4n) is 1.92. The second-order valence-corrected chi connectivity index (χ2v) is 4.19. The molecule has 8 heteroatoms. The van der Waals surface area contributed by atoms with Crippen molar-refractivity contribution in [1.82, 2.24) is 10.6 Å². The van der Waals surface area contributed by atoms with Gasteiger partial charge in [0.2, 0.25) is 11.8 Å². The molecule has 1 aliphatic heterocycles. The molecule has 0 aliphatic carbocycles. The molecule has 5 atom stereocenters. The number of nitrogens with one attached hydrogen (secondary N) is 2. The molecule has 8 nitrogen and oxygen atoms in total. The number of aliphatic hydroxyl groups excluding tert-OH is 3. The Kier molecular flexibility index (Phi) is 5.03. The number of hydrogen-bond donors (Lipinski definition) is 5. The van der Waals surface area contributed by atoms with Crippen LogP contribution in [-0.4, -0.2) is 64.3 Å². The molecule has 0 radical (unpaired) electrons. The molecule has 0 saturated carbocycles. The lowest BCUT2D eigenvalue weighted by Crippen LogP contribution is -2.68. The molecule has 104 valence electrons. The first-order valence-corrected chi connectivity index (χ1v) is 5.53. The summed E-state index contributed by atoms with van der Waals surface area (Å²) in [4.78, 5) is 22.1. The van der Waals surface area contributed by atoms with Crippen molar-refractivity contribution in [2.24, 2.45) is 0 Å². The van der Waals surface area contributed by atoms with Gasteiger partial charge >= 0.3 is 0 Å². The van der Waals surface area contributed by atoms with Gasteiger partial charge in [0, 0.05) is 13.8 Å². The minimum Gasteiger partial charge on any atom is -0.394 e. The fourth-order valence-corrected chi connectivity index (χ4v) is 1.92. The third kappa shape index (κ3) is 3.39. The highest BCUT2D eigenvalue weighted by Gasteiger charge is 2.45. The van der Waals surface area contributed by atoms with Gasteiger partial charge in [-0.1, -0.05) is 0 Å². The lowest BCUT2D eigenvalue weighted by Gasteiger charge is -2.42. The van der Waals surface area contributed by atoms with Gasteiger partial charge in [-0.05, 0) is 0 Å². The van der Waals surface area contributed by atoms with Gasteiger partial charge in [0.15, 0.2) is 6.29 Å². The van der Waals surface area contributed by atoms with E-state index in [2.05, 4.69) is 10.6 Å². The van der Waals surface area contributed by atoms with Crippen LogP contribution in [0, 0.1) is 0 Å². The molecule has 0 aromatic carbocycles. The van der Waals surface area contributed by atoms with E-state index in [0.717, 1.165) is 0 Å². The lowest BCUT2D eigenvalue weighted by atomic mass is 9.94. The molecule has 0 bridgehead atoms. The predicted molar refractivity (Wildman–Crippen MR) is 59.2 cm³/mol. The highest BCUT2D eigenvalue weighted by molar-refractivity contribution is 5.75. The summed E-state index contributed by atoms with van der Waals surface area (Å²) in [5.74, 6) is -0.868. The Bertz CT molecular complexity index is 323. The van der Waals surface area contributed by atoms with E-state index >= 15 is 0 Å². The Labute approximate surface area is 104 Å². The molecule has 0 aromatic rings. The zero-order chi connectivity index (χ0) is 13.9. The molecule has 5 N–H and O–H groups in total. The minimum atomic E-state index is -1.42. The van der Waals surface area contributed by atoms with Crippen molar-refractivity contribution in [3.63, 3.8) is 0 Å². The summed E-state index contributed by atoms with van der Waals surface area (Å²) >= 11 is 0. The largest absolute Gasteiger partial charge is 0.394 e. The number of carbonyl (C=O) groups is 2. The lowest BCUT2D eigenvalue weighted by molar-refractivity contribution is -0.230. The van der Waals surface area contributed by atoms with Crippen molar-refractivity contribution >= 4 is 11.8 Å². The van der Waals surface area contributed by atoms with Crippen LogP contribution in [-0.2, 0) is 14.3 Å². The van der Waals surface area contributed by atoms with Gasteiger partial charge in [-0.3, -0.25) is 9.59 Å². The molecular weight excluding hydrogens is 244 g/mol. The highest BCUT2D eigenvalue weighted by Crippen LogP contribution is 2.19. The Morgan fingerprint density at radius 3 is 2.06 bits per heavy atom. The molecule has 0 unspecified atom stereocenters.